The van der Waals surface area contributed by atoms with Gasteiger partial charge in [0.25, 0.3) is 0 Å². The van der Waals surface area contributed by atoms with Crippen molar-refractivity contribution >= 4 is 11.3 Å². The number of likely N-dealkylation sites (N-methyl/N-ethyl adjacent to an activating group) is 2. The average molecular weight is 211 g/mol. The van der Waals surface area contributed by atoms with Crippen LogP contribution in [0.5, 0.6) is 0 Å². The lowest BCUT2D eigenvalue weighted by Crippen LogP contribution is -2.50. The zero-order valence-corrected chi connectivity index (χ0v) is 9.63. The third-order valence-corrected chi connectivity index (χ3v) is 3.68. The van der Waals surface area contributed by atoms with Crippen LogP contribution in [0, 0.1) is 0 Å². The van der Waals surface area contributed by atoms with Crippen LogP contribution >= 0.6 is 11.3 Å². The predicted molar refractivity (Wildman–Crippen MR) is 59.7 cm³/mol. The Labute approximate surface area is 89.4 Å². The topological polar surface area (TPSA) is 19.4 Å². The number of rotatable bonds is 2. The van der Waals surface area contributed by atoms with Gasteiger partial charge in [-0.25, -0.2) is 4.98 Å². The second kappa shape index (κ2) is 4.38. The molecule has 1 aromatic heterocycles. The van der Waals surface area contributed by atoms with E-state index >= 15 is 0 Å². The van der Waals surface area contributed by atoms with E-state index in [2.05, 4.69) is 34.3 Å². The zero-order valence-electron chi connectivity index (χ0n) is 8.81. The lowest BCUT2D eigenvalue weighted by Gasteiger charge is -2.37. The van der Waals surface area contributed by atoms with Gasteiger partial charge in [0.2, 0.25) is 0 Å². The first kappa shape index (κ1) is 10.1. The Hall–Kier alpha value is -0.450. The highest BCUT2D eigenvalue weighted by molar-refractivity contribution is 7.09. The molecule has 0 radical (unpaired) electrons. The summed E-state index contributed by atoms with van der Waals surface area (Å²) in [5.41, 5.74) is 0. The minimum Gasteiger partial charge on any atom is -0.304 e. The first-order valence-electron chi connectivity index (χ1n) is 5.03. The summed E-state index contributed by atoms with van der Waals surface area (Å²) in [6, 6.07) is 0.639. The molecular formula is C10H17N3S. The molecule has 4 heteroatoms. The van der Waals surface area contributed by atoms with Crippen LogP contribution in [0.4, 0.5) is 0 Å². The molecule has 0 aliphatic carbocycles. The van der Waals surface area contributed by atoms with Crippen molar-refractivity contribution in [2.24, 2.45) is 0 Å². The van der Waals surface area contributed by atoms with Crippen LogP contribution in [0.25, 0.3) is 0 Å². The smallest absolute Gasteiger partial charge is 0.0940 e. The average Bonchev–Trinajstić information content (AvgIpc) is 2.64. The molecule has 3 nitrogen and oxygen atoms in total. The number of hydrogen-bond donors (Lipinski definition) is 0. The molecule has 0 spiro atoms. The molecule has 0 N–H and O–H groups in total. The van der Waals surface area contributed by atoms with Gasteiger partial charge in [0, 0.05) is 43.7 Å². The summed E-state index contributed by atoms with van der Waals surface area (Å²) in [5, 5.41) is 3.32. The molecule has 0 saturated carbocycles. The summed E-state index contributed by atoms with van der Waals surface area (Å²) in [7, 11) is 4.41. The summed E-state index contributed by atoms with van der Waals surface area (Å²) < 4.78 is 0. The van der Waals surface area contributed by atoms with Crippen molar-refractivity contribution in [1.29, 1.82) is 0 Å². The fourth-order valence-electron chi connectivity index (χ4n) is 1.88. The van der Waals surface area contributed by atoms with E-state index in [-0.39, 0.29) is 0 Å². The summed E-state index contributed by atoms with van der Waals surface area (Å²) in [6.45, 7) is 3.52. The fourth-order valence-corrected chi connectivity index (χ4v) is 2.57. The van der Waals surface area contributed by atoms with Gasteiger partial charge in [-0.05, 0) is 14.1 Å². The molecule has 1 aliphatic heterocycles. The fraction of sp³-hybridized carbons (Fsp3) is 0.700. The molecule has 1 aliphatic rings. The highest BCUT2D eigenvalue weighted by atomic mass is 32.1. The van der Waals surface area contributed by atoms with Gasteiger partial charge in [-0.1, -0.05) is 0 Å². The van der Waals surface area contributed by atoms with Crippen molar-refractivity contribution in [3.05, 3.63) is 16.6 Å². The van der Waals surface area contributed by atoms with Gasteiger partial charge >= 0.3 is 0 Å². The summed E-state index contributed by atoms with van der Waals surface area (Å²) >= 11 is 1.76. The maximum atomic E-state index is 4.34. The van der Waals surface area contributed by atoms with Gasteiger partial charge in [0.15, 0.2) is 0 Å². The lowest BCUT2D eigenvalue weighted by molar-refractivity contribution is 0.114. The minimum absolute atomic E-state index is 0.639. The van der Waals surface area contributed by atoms with Gasteiger partial charge in [0.05, 0.1) is 5.01 Å². The number of aromatic nitrogens is 1. The van der Waals surface area contributed by atoms with Crippen LogP contribution in [-0.4, -0.2) is 54.6 Å². The maximum Gasteiger partial charge on any atom is 0.0940 e. The monoisotopic (exact) mass is 211 g/mol. The highest BCUT2D eigenvalue weighted by Crippen LogP contribution is 2.13. The van der Waals surface area contributed by atoms with Crippen molar-refractivity contribution in [2.45, 2.75) is 12.5 Å². The van der Waals surface area contributed by atoms with Gasteiger partial charge in [-0.15, -0.1) is 11.3 Å². The molecule has 0 bridgehead atoms. The summed E-state index contributed by atoms with van der Waals surface area (Å²) in [5.74, 6) is 0. The van der Waals surface area contributed by atoms with Crippen LogP contribution in [0.2, 0.25) is 0 Å². The van der Waals surface area contributed by atoms with Crippen molar-refractivity contribution in [3.8, 4) is 0 Å². The second-order valence-corrected chi connectivity index (χ2v) is 5.01. The lowest BCUT2D eigenvalue weighted by atomic mass is 10.1. The highest BCUT2D eigenvalue weighted by Gasteiger charge is 2.22. The molecule has 1 saturated heterocycles. The number of thiazole rings is 1. The Bertz CT molecular complexity index is 273. The molecule has 14 heavy (non-hydrogen) atoms. The van der Waals surface area contributed by atoms with E-state index in [4.69, 9.17) is 0 Å². The van der Waals surface area contributed by atoms with E-state index in [1.807, 2.05) is 6.20 Å². The van der Waals surface area contributed by atoms with E-state index in [1.165, 1.54) is 18.1 Å². The predicted octanol–water partition coefficient (Wildman–Crippen LogP) is 0.931. The molecule has 1 aromatic rings. The van der Waals surface area contributed by atoms with Crippen LogP contribution < -0.4 is 0 Å². The molecule has 0 amide bonds. The number of hydrogen-bond acceptors (Lipinski definition) is 4. The molecule has 1 fully saturated rings. The molecule has 1 unspecified atom stereocenters. The van der Waals surface area contributed by atoms with E-state index in [9.17, 15) is 0 Å². The Balaban J connectivity index is 1.95. The van der Waals surface area contributed by atoms with Crippen molar-refractivity contribution in [1.82, 2.24) is 14.8 Å². The molecule has 2 heterocycles. The molecule has 0 aromatic carbocycles. The van der Waals surface area contributed by atoms with Crippen molar-refractivity contribution < 1.29 is 0 Å². The first-order chi connectivity index (χ1) is 6.75. The van der Waals surface area contributed by atoms with Gasteiger partial charge < -0.3 is 9.80 Å². The Morgan fingerprint density at radius 2 is 2.36 bits per heavy atom. The first-order valence-corrected chi connectivity index (χ1v) is 5.91. The summed E-state index contributed by atoms with van der Waals surface area (Å²) in [4.78, 5) is 9.19. The van der Waals surface area contributed by atoms with Gasteiger partial charge in [0.1, 0.15) is 0 Å². The second-order valence-electron chi connectivity index (χ2n) is 4.03. The Morgan fingerprint density at radius 1 is 1.50 bits per heavy atom. The molecule has 2 rings (SSSR count). The largest absolute Gasteiger partial charge is 0.304 e. The third-order valence-electron chi connectivity index (χ3n) is 2.87. The normalized spacial score (nSPS) is 25.4. The molecule has 78 valence electrons. The van der Waals surface area contributed by atoms with Gasteiger partial charge in [-0.3, -0.25) is 0 Å². The molecule has 1 atom stereocenters. The van der Waals surface area contributed by atoms with Gasteiger partial charge in [-0.2, -0.15) is 0 Å². The van der Waals surface area contributed by atoms with E-state index in [0.717, 1.165) is 13.0 Å². The summed E-state index contributed by atoms with van der Waals surface area (Å²) in [6.07, 6.45) is 2.99. The van der Waals surface area contributed by atoms with Crippen molar-refractivity contribution in [3.63, 3.8) is 0 Å². The van der Waals surface area contributed by atoms with E-state index in [1.54, 1.807) is 11.3 Å². The van der Waals surface area contributed by atoms with Crippen molar-refractivity contribution in [2.75, 3.05) is 33.7 Å². The quantitative estimate of drug-likeness (QED) is 0.725. The SMILES string of the molecule is CN1CCN(C)C(Cc2nccs2)C1. The Morgan fingerprint density at radius 3 is 3.07 bits per heavy atom. The van der Waals surface area contributed by atoms with Crippen LogP contribution in [0.15, 0.2) is 11.6 Å². The molecular weight excluding hydrogens is 194 g/mol. The third kappa shape index (κ3) is 2.32. The number of nitrogens with zero attached hydrogens (tertiary/aromatic N) is 3. The van der Waals surface area contributed by atoms with E-state index < -0.39 is 0 Å². The van der Waals surface area contributed by atoms with Crippen LogP contribution in [-0.2, 0) is 6.42 Å². The standard InChI is InChI=1S/C10H17N3S/c1-12-4-5-13(2)9(8-12)7-10-11-3-6-14-10/h3,6,9H,4-5,7-8H2,1-2H3. The number of piperazine rings is 1. The van der Waals surface area contributed by atoms with E-state index in [0.29, 0.717) is 6.04 Å². The maximum absolute atomic E-state index is 4.34. The Kier molecular flexibility index (Phi) is 3.15. The minimum atomic E-state index is 0.639. The van der Waals surface area contributed by atoms with Crippen LogP contribution in [0.1, 0.15) is 5.01 Å². The van der Waals surface area contributed by atoms with Crippen LogP contribution in [0.3, 0.4) is 0 Å². The zero-order chi connectivity index (χ0) is 9.97.